The van der Waals surface area contributed by atoms with Gasteiger partial charge in [0, 0.05) is 24.9 Å². The second-order valence-corrected chi connectivity index (χ2v) is 6.30. The van der Waals surface area contributed by atoms with Crippen molar-refractivity contribution in [3.8, 4) is 0 Å². The molecule has 6 heteroatoms. The standard InChI is InChI=1S/C17H24F2N2O2/c18-14-8-13(9-15(19)10-14)17(23,6-2-1-5-16(20)22)12-4-3-7-21-11-12/h8-10,12,21,23H,1-7,11H2,(H2,20,22)/t12-,17+/m1/s1. The number of carbonyl (C=O) groups excluding carboxylic acids is 1. The Kier molecular flexibility index (Phi) is 6.07. The molecule has 0 aromatic heterocycles. The minimum absolute atomic E-state index is 0.119. The lowest BCUT2D eigenvalue weighted by atomic mass is 9.74. The van der Waals surface area contributed by atoms with Gasteiger partial charge in [0.2, 0.25) is 5.91 Å². The quantitative estimate of drug-likeness (QED) is 0.672. The molecule has 1 aliphatic rings. The molecule has 1 amide bonds. The van der Waals surface area contributed by atoms with E-state index in [1.54, 1.807) is 0 Å². The highest BCUT2D eigenvalue weighted by Crippen LogP contribution is 2.38. The number of benzene rings is 1. The zero-order valence-corrected chi connectivity index (χ0v) is 13.2. The zero-order chi connectivity index (χ0) is 16.9. The lowest BCUT2D eigenvalue weighted by Crippen LogP contribution is -2.44. The molecule has 1 aliphatic heterocycles. The topological polar surface area (TPSA) is 75.4 Å². The van der Waals surface area contributed by atoms with Crippen LogP contribution in [-0.4, -0.2) is 24.1 Å². The number of unbranched alkanes of at least 4 members (excludes halogenated alkanes) is 1. The van der Waals surface area contributed by atoms with Crippen molar-refractivity contribution < 1.29 is 18.7 Å². The van der Waals surface area contributed by atoms with Crippen LogP contribution in [0.5, 0.6) is 0 Å². The average Bonchev–Trinajstić information content (AvgIpc) is 2.51. The average molecular weight is 326 g/mol. The van der Waals surface area contributed by atoms with Gasteiger partial charge in [-0.15, -0.1) is 0 Å². The van der Waals surface area contributed by atoms with Crippen molar-refractivity contribution in [2.75, 3.05) is 13.1 Å². The summed E-state index contributed by atoms with van der Waals surface area (Å²) in [5, 5.41) is 14.5. The minimum Gasteiger partial charge on any atom is -0.385 e. The highest BCUT2D eigenvalue weighted by Gasteiger charge is 2.39. The van der Waals surface area contributed by atoms with Gasteiger partial charge in [-0.05, 0) is 56.3 Å². The smallest absolute Gasteiger partial charge is 0.217 e. The van der Waals surface area contributed by atoms with E-state index in [1.165, 1.54) is 12.1 Å². The molecule has 0 saturated carbocycles. The Bertz CT molecular complexity index is 527. The molecule has 0 spiro atoms. The Morgan fingerprint density at radius 2 is 2.00 bits per heavy atom. The van der Waals surface area contributed by atoms with Gasteiger partial charge in [-0.3, -0.25) is 4.79 Å². The number of rotatable bonds is 7. The van der Waals surface area contributed by atoms with Gasteiger partial charge in [-0.2, -0.15) is 0 Å². The molecule has 1 aromatic rings. The largest absolute Gasteiger partial charge is 0.385 e. The zero-order valence-electron chi connectivity index (χ0n) is 13.2. The summed E-state index contributed by atoms with van der Waals surface area (Å²) in [6.07, 6.45) is 3.40. The van der Waals surface area contributed by atoms with Crippen LogP contribution in [0.15, 0.2) is 18.2 Å². The molecule has 0 bridgehead atoms. The van der Waals surface area contributed by atoms with E-state index in [0.717, 1.165) is 25.5 Å². The van der Waals surface area contributed by atoms with Crippen molar-refractivity contribution in [2.24, 2.45) is 11.7 Å². The maximum atomic E-state index is 13.6. The van der Waals surface area contributed by atoms with Crippen LogP contribution in [0, 0.1) is 17.6 Å². The third kappa shape index (κ3) is 4.72. The summed E-state index contributed by atoms with van der Waals surface area (Å²) in [6.45, 7) is 1.48. The number of hydrogen-bond donors (Lipinski definition) is 3. The molecule has 1 heterocycles. The Balaban J connectivity index is 2.20. The van der Waals surface area contributed by atoms with Crippen molar-refractivity contribution in [2.45, 2.75) is 44.1 Å². The normalized spacial score (nSPS) is 20.9. The van der Waals surface area contributed by atoms with Crippen molar-refractivity contribution in [1.29, 1.82) is 0 Å². The van der Waals surface area contributed by atoms with Crippen LogP contribution in [-0.2, 0) is 10.4 Å². The van der Waals surface area contributed by atoms with E-state index in [1.807, 2.05) is 0 Å². The Hall–Kier alpha value is -1.53. The fourth-order valence-corrected chi connectivity index (χ4v) is 3.34. The molecular weight excluding hydrogens is 302 g/mol. The second-order valence-electron chi connectivity index (χ2n) is 6.30. The van der Waals surface area contributed by atoms with Crippen molar-refractivity contribution in [3.63, 3.8) is 0 Å². The minimum atomic E-state index is -1.31. The number of nitrogens with two attached hydrogens (primary N) is 1. The second kappa shape index (κ2) is 7.84. The van der Waals surface area contributed by atoms with Crippen LogP contribution in [0.1, 0.15) is 44.1 Å². The van der Waals surface area contributed by atoms with E-state index in [0.29, 0.717) is 25.8 Å². The van der Waals surface area contributed by atoms with Gasteiger partial charge in [0.05, 0.1) is 5.60 Å². The number of amides is 1. The SMILES string of the molecule is NC(=O)CCCC[C@@](O)(c1cc(F)cc(F)c1)[C@@H]1CCCNC1. The lowest BCUT2D eigenvalue weighted by Gasteiger charge is -2.39. The van der Waals surface area contributed by atoms with E-state index in [9.17, 15) is 18.7 Å². The number of nitrogens with one attached hydrogen (secondary N) is 1. The van der Waals surface area contributed by atoms with Gasteiger partial charge in [0.1, 0.15) is 11.6 Å². The maximum absolute atomic E-state index is 13.6. The number of primary amides is 1. The highest BCUT2D eigenvalue weighted by atomic mass is 19.1. The molecule has 0 unspecified atom stereocenters. The first-order chi connectivity index (χ1) is 10.9. The van der Waals surface area contributed by atoms with Gasteiger partial charge >= 0.3 is 0 Å². The van der Waals surface area contributed by atoms with E-state index < -0.39 is 17.2 Å². The third-order valence-electron chi connectivity index (χ3n) is 4.57. The summed E-state index contributed by atoms with van der Waals surface area (Å²) >= 11 is 0. The molecule has 128 valence electrons. The van der Waals surface area contributed by atoms with Gasteiger partial charge in [-0.25, -0.2) is 8.78 Å². The van der Waals surface area contributed by atoms with E-state index >= 15 is 0 Å². The van der Waals surface area contributed by atoms with Crippen LogP contribution in [0.2, 0.25) is 0 Å². The van der Waals surface area contributed by atoms with Crippen LogP contribution < -0.4 is 11.1 Å². The Labute approximate surface area is 135 Å². The number of piperidine rings is 1. The predicted octanol–water partition coefficient (Wildman–Crippen LogP) is 2.20. The molecule has 4 nitrogen and oxygen atoms in total. The first-order valence-electron chi connectivity index (χ1n) is 8.10. The van der Waals surface area contributed by atoms with Crippen molar-refractivity contribution in [3.05, 3.63) is 35.4 Å². The fourth-order valence-electron chi connectivity index (χ4n) is 3.34. The van der Waals surface area contributed by atoms with Crippen molar-refractivity contribution in [1.82, 2.24) is 5.32 Å². The third-order valence-corrected chi connectivity index (χ3v) is 4.57. The molecule has 1 saturated heterocycles. The van der Waals surface area contributed by atoms with Crippen molar-refractivity contribution >= 4 is 5.91 Å². The predicted molar refractivity (Wildman–Crippen MR) is 83.5 cm³/mol. The molecule has 2 rings (SSSR count). The highest BCUT2D eigenvalue weighted by molar-refractivity contribution is 5.73. The molecule has 0 radical (unpaired) electrons. The summed E-state index contributed by atoms with van der Waals surface area (Å²) in [6, 6.07) is 3.20. The molecule has 4 N–H and O–H groups in total. The van der Waals surface area contributed by atoms with Gasteiger partial charge in [-0.1, -0.05) is 0 Å². The molecule has 2 atom stereocenters. The maximum Gasteiger partial charge on any atom is 0.217 e. The van der Waals surface area contributed by atoms with E-state index in [-0.39, 0.29) is 23.8 Å². The fraction of sp³-hybridized carbons (Fsp3) is 0.588. The first kappa shape index (κ1) is 17.8. The van der Waals surface area contributed by atoms with Gasteiger partial charge in [0.15, 0.2) is 0 Å². The van der Waals surface area contributed by atoms with E-state index in [2.05, 4.69) is 5.32 Å². The summed E-state index contributed by atoms with van der Waals surface area (Å²) < 4.78 is 27.2. The number of aliphatic hydroxyl groups is 1. The number of halogens is 2. The molecule has 0 aliphatic carbocycles. The summed E-state index contributed by atoms with van der Waals surface area (Å²) in [5.74, 6) is -1.89. The van der Waals surface area contributed by atoms with Gasteiger partial charge < -0.3 is 16.2 Å². The Morgan fingerprint density at radius 3 is 2.57 bits per heavy atom. The van der Waals surface area contributed by atoms with E-state index in [4.69, 9.17) is 5.73 Å². The van der Waals surface area contributed by atoms with Crippen LogP contribution >= 0.6 is 0 Å². The summed E-state index contributed by atoms with van der Waals surface area (Å²) in [7, 11) is 0. The first-order valence-corrected chi connectivity index (χ1v) is 8.10. The Morgan fingerprint density at radius 1 is 1.30 bits per heavy atom. The van der Waals surface area contributed by atoms with Crippen LogP contribution in [0.4, 0.5) is 8.78 Å². The van der Waals surface area contributed by atoms with Crippen LogP contribution in [0.3, 0.4) is 0 Å². The molecule has 23 heavy (non-hydrogen) atoms. The lowest BCUT2D eigenvalue weighted by molar-refractivity contribution is -0.118. The van der Waals surface area contributed by atoms with Crippen LogP contribution in [0.25, 0.3) is 0 Å². The number of hydrogen-bond acceptors (Lipinski definition) is 3. The monoisotopic (exact) mass is 326 g/mol. The van der Waals surface area contributed by atoms with Gasteiger partial charge in [0.25, 0.3) is 0 Å². The molecule has 1 fully saturated rings. The summed E-state index contributed by atoms with van der Waals surface area (Å²) in [4.78, 5) is 10.8. The molecular formula is C17H24F2N2O2. The molecule has 1 aromatic carbocycles. The number of carbonyl (C=O) groups is 1. The summed E-state index contributed by atoms with van der Waals surface area (Å²) in [5.41, 5.74) is 4.08.